The maximum atomic E-state index is 12.8. The fraction of sp³-hybridized carbons (Fsp3) is 0.0833. The number of ether oxygens (including phenoxy) is 1. The Morgan fingerprint density at radius 2 is 1.94 bits per heavy atom. The van der Waals surface area contributed by atoms with Gasteiger partial charge in [-0.15, -0.1) is 0 Å². The van der Waals surface area contributed by atoms with Gasteiger partial charge in [-0.3, -0.25) is 9.59 Å². The van der Waals surface area contributed by atoms with Crippen molar-refractivity contribution in [1.82, 2.24) is 0 Å². The highest BCUT2D eigenvalue weighted by molar-refractivity contribution is 6.36. The van der Waals surface area contributed by atoms with E-state index in [-0.39, 0.29) is 18.4 Å². The standard InChI is InChI=1S/C24H19N3O4/c25-15-7-5-13(11-28)19(9-15)23(29)26-16-8-6-14-12-31-22(18(14)10-16)21-17-3-1-2-4-20(17)27-24(21)30/h1-10,28H,11-12,25H2,(H,26,29)(H,27,30). The zero-order valence-corrected chi connectivity index (χ0v) is 16.4. The molecule has 2 aliphatic rings. The van der Waals surface area contributed by atoms with Crippen molar-refractivity contribution in [3.05, 3.63) is 88.5 Å². The Hall–Kier alpha value is -4.10. The molecule has 0 unspecified atom stereocenters. The molecule has 2 heterocycles. The molecule has 0 bridgehead atoms. The van der Waals surface area contributed by atoms with Crippen molar-refractivity contribution >= 4 is 40.2 Å². The highest BCUT2D eigenvalue weighted by atomic mass is 16.5. The number of aliphatic hydroxyl groups is 1. The summed E-state index contributed by atoms with van der Waals surface area (Å²) in [5.41, 5.74) is 11.3. The average Bonchev–Trinajstić information content (AvgIpc) is 3.32. The molecule has 3 aromatic rings. The van der Waals surface area contributed by atoms with Gasteiger partial charge in [0, 0.05) is 39.3 Å². The van der Waals surface area contributed by atoms with E-state index in [1.54, 1.807) is 24.3 Å². The second-order valence-electron chi connectivity index (χ2n) is 7.39. The van der Waals surface area contributed by atoms with Crippen LogP contribution < -0.4 is 16.4 Å². The Morgan fingerprint density at radius 3 is 2.77 bits per heavy atom. The summed E-state index contributed by atoms with van der Waals surface area (Å²) in [7, 11) is 0. The van der Waals surface area contributed by atoms with E-state index in [0.29, 0.717) is 40.4 Å². The molecule has 7 nitrogen and oxygen atoms in total. The summed E-state index contributed by atoms with van der Waals surface area (Å²) in [6.45, 7) is 0.0769. The third-order valence-electron chi connectivity index (χ3n) is 5.43. The zero-order valence-electron chi connectivity index (χ0n) is 16.4. The van der Waals surface area contributed by atoms with E-state index in [9.17, 15) is 14.7 Å². The van der Waals surface area contributed by atoms with Gasteiger partial charge in [-0.25, -0.2) is 0 Å². The molecule has 0 radical (unpaired) electrons. The first-order valence-corrected chi connectivity index (χ1v) is 9.77. The van der Waals surface area contributed by atoms with Crippen LogP contribution in [0.5, 0.6) is 0 Å². The van der Waals surface area contributed by atoms with Crippen LogP contribution in [0.1, 0.15) is 32.6 Å². The second-order valence-corrected chi connectivity index (χ2v) is 7.39. The summed E-state index contributed by atoms with van der Waals surface area (Å²) < 4.78 is 5.89. The van der Waals surface area contributed by atoms with E-state index in [2.05, 4.69) is 10.6 Å². The van der Waals surface area contributed by atoms with Gasteiger partial charge >= 0.3 is 0 Å². The third kappa shape index (κ3) is 3.21. The van der Waals surface area contributed by atoms with Crippen molar-refractivity contribution in [3.63, 3.8) is 0 Å². The number of aliphatic hydroxyl groups excluding tert-OH is 1. The lowest BCUT2D eigenvalue weighted by molar-refractivity contribution is -0.110. The predicted octanol–water partition coefficient (Wildman–Crippen LogP) is 3.36. The number of benzene rings is 3. The lowest BCUT2D eigenvalue weighted by Crippen LogP contribution is -2.15. The molecular weight excluding hydrogens is 394 g/mol. The number of rotatable bonds is 3. The van der Waals surface area contributed by atoms with E-state index < -0.39 is 0 Å². The Morgan fingerprint density at radius 1 is 1.10 bits per heavy atom. The van der Waals surface area contributed by atoms with Gasteiger partial charge in [0.2, 0.25) is 0 Å². The minimum Gasteiger partial charge on any atom is -0.487 e. The van der Waals surface area contributed by atoms with Crippen LogP contribution in [0.2, 0.25) is 0 Å². The quantitative estimate of drug-likeness (QED) is 0.388. The molecule has 0 atom stereocenters. The number of amides is 2. The molecule has 154 valence electrons. The van der Waals surface area contributed by atoms with Gasteiger partial charge in [0.25, 0.3) is 11.8 Å². The number of carbonyl (C=O) groups is 2. The predicted molar refractivity (Wildman–Crippen MR) is 118 cm³/mol. The molecule has 0 fully saturated rings. The number of para-hydroxylation sites is 1. The first-order chi connectivity index (χ1) is 15.0. The van der Waals surface area contributed by atoms with Gasteiger partial charge < -0.3 is 26.2 Å². The van der Waals surface area contributed by atoms with Crippen molar-refractivity contribution in [2.75, 3.05) is 16.4 Å². The topological polar surface area (TPSA) is 114 Å². The number of nitrogens with one attached hydrogen (secondary N) is 2. The molecule has 2 aliphatic heterocycles. The SMILES string of the molecule is Nc1ccc(CO)c(C(=O)Nc2ccc3c(c2)C(=C2C(=O)Nc4ccccc42)OC3)c1. The number of hydrogen-bond acceptors (Lipinski definition) is 5. The number of carbonyl (C=O) groups excluding carboxylic acids is 2. The summed E-state index contributed by atoms with van der Waals surface area (Å²) in [4.78, 5) is 25.4. The van der Waals surface area contributed by atoms with E-state index in [1.807, 2.05) is 30.3 Å². The molecule has 0 aromatic heterocycles. The molecule has 0 saturated carbocycles. The van der Waals surface area contributed by atoms with Gasteiger partial charge in [-0.1, -0.05) is 30.3 Å². The lowest BCUT2D eigenvalue weighted by Gasteiger charge is -2.11. The Balaban J connectivity index is 1.52. The molecule has 5 N–H and O–H groups in total. The summed E-state index contributed by atoms with van der Waals surface area (Å²) >= 11 is 0. The van der Waals surface area contributed by atoms with Crippen LogP contribution in [0.15, 0.2) is 60.7 Å². The maximum Gasteiger partial charge on any atom is 0.260 e. The van der Waals surface area contributed by atoms with E-state index >= 15 is 0 Å². The second kappa shape index (κ2) is 7.30. The van der Waals surface area contributed by atoms with Crippen molar-refractivity contribution in [2.45, 2.75) is 13.2 Å². The molecular formula is C24H19N3O4. The van der Waals surface area contributed by atoms with Gasteiger partial charge in [-0.05, 0) is 35.9 Å². The third-order valence-corrected chi connectivity index (χ3v) is 5.43. The highest BCUT2D eigenvalue weighted by Gasteiger charge is 2.32. The van der Waals surface area contributed by atoms with Gasteiger partial charge in [0.1, 0.15) is 12.4 Å². The van der Waals surface area contributed by atoms with Crippen LogP contribution in [0.25, 0.3) is 11.3 Å². The van der Waals surface area contributed by atoms with Crippen LogP contribution in [-0.2, 0) is 22.7 Å². The minimum atomic E-state index is -0.381. The monoisotopic (exact) mass is 413 g/mol. The number of hydrogen-bond donors (Lipinski definition) is 4. The molecule has 0 aliphatic carbocycles. The summed E-state index contributed by atoms with van der Waals surface area (Å²) in [5, 5.41) is 15.2. The highest BCUT2D eigenvalue weighted by Crippen LogP contribution is 2.42. The summed E-state index contributed by atoms with van der Waals surface area (Å²) in [5.74, 6) is -0.104. The number of anilines is 3. The lowest BCUT2D eigenvalue weighted by atomic mass is 10.00. The maximum absolute atomic E-state index is 12.8. The van der Waals surface area contributed by atoms with Crippen LogP contribution >= 0.6 is 0 Å². The molecule has 3 aromatic carbocycles. The normalized spacial score (nSPS) is 16.4. The Kier molecular flexibility index (Phi) is 4.45. The summed E-state index contributed by atoms with van der Waals surface area (Å²) in [6, 6.07) is 17.7. The average molecular weight is 413 g/mol. The van der Waals surface area contributed by atoms with Crippen molar-refractivity contribution in [1.29, 1.82) is 0 Å². The molecule has 31 heavy (non-hydrogen) atoms. The molecule has 2 amide bonds. The molecule has 0 saturated heterocycles. The van der Waals surface area contributed by atoms with E-state index in [1.165, 1.54) is 6.07 Å². The van der Waals surface area contributed by atoms with Crippen molar-refractivity contribution < 1.29 is 19.4 Å². The van der Waals surface area contributed by atoms with Crippen LogP contribution in [0.3, 0.4) is 0 Å². The fourth-order valence-electron chi connectivity index (χ4n) is 3.91. The van der Waals surface area contributed by atoms with Crippen molar-refractivity contribution in [3.8, 4) is 0 Å². The Labute approximate surface area is 178 Å². The molecule has 5 rings (SSSR count). The van der Waals surface area contributed by atoms with Crippen LogP contribution in [0.4, 0.5) is 17.1 Å². The van der Waals surface area contributed by atoms with Gasteiger partial charge in [0.05, 0.1) is 12.2 Å². The van der Waals surface area contributed by atoms with Gasteiger partial charge in [-0.2, -0.15) is 0 Å². The zero-order chi connectivity index (χ0) is 21.5. The van der Waals surface area contributed by atoms with E-state index in [4.69, 9.17) is 10.5 Å². The first kappa shape index (κ1) is 18.9. The largest absolute Gasteiger partial charge is 0.487 e. The van der Waals surface area contributed by atoms with Crippen LogP contribution in [0, 0.1) is 0 Å². The van der Waals surface area contributed by atoms with Gasteiger partial charge in [0.15, 0.2) is 0 Å². The van der Waals surface area contributed by atoms with Crippen LogP contribution in [-0.4, -0.2) is 16.9 Å². The number of nitrogens with two attached hydrogens (primary N) is 1. The molecule has 0 spiro atoms. The van der Waals surface area contributed by atoms with Crippen molar-refractivity contribution in [2.24, 2.45) is 0 Å². The molecule has 7 heteroatoms. The number of fused-ring (bicyclic) bond motifs is 2. The smallest absolute Gasteiger partial charge is 0.260 e. The summed E-state index contributed by atoms with van der Waals surface area (Å²) in [6.07, 6.45) is 0. The van der Waals surface area contributed by atoms with E-state index in [0.717, 1.165) is 22.4 Å². The fourth-order valence-corrected chi connectivity index (χ4v) is 3.91. The first-order valence-electron chi connectivity index (χ1n) is 9.77. The minimum absolute atomic E-state index is 0.217. The Bertz CT molecular complexity index is 1280. The number of nitrogen functional groups attached to an aromatic ring is 1.